The molecule has 0 aromatic heterocycles. The molecular weight excluding hydrogens is 496 g/mol. The minimum atomic E-state index is -0.490. The van der Waals surface area contributed by atoms with Crippen LogP contribution in [-0.2, 0) is 14.2 Å². The molecule has 0 aliphatic carbocycles. The summed E-state index contributed by atoms with van der Waals surface area (Å²) in [7, 11) is 3.26. The van der Waals surface area contributed by atoms with Crippen LogP contribution in [0.1, 0.15) is 50.2 Å². The third kappa shape index (κ3) is 9.96. The third-order valence-corrected chi connectivity index (χ3v) is 7.41. The van der Waals surface area contributed by atoms with Crippen LogP contribution >= 0.6 is 11.6 Å². The van der Waals surface area contributed by atoms with E-state index in [2.05, 4.69) is 20.7 Å². The van der Waals surface area contributed by atoms with Gasteiger partial charge >= 0.3 is 12.1 Å². The number of alkyl carbamates (subject to hydrolysis) is 1. The van der Waals surface area contributed by atoms with Crippen LogP contribution in [0.2, 0.25) is 5.02 Å². The van der Waals surface area contributed by atoms with Gasteiger partial charge in [-0.25, -0.2) is 9.59 Å². The first-order valence-corrected chi connectivity index (χ1v) is 13.8. The molecule has 3 amide bonds. The van der Waals surface area contributed by atoms with E-state index in [4.69, 9.17) is 21.1 Å². The summed E-state index contributed by atoms with van der Waals surface area (Å²) in [5.74, 6) is 0.673. The van der Waals surface area contributed by atoms with E-state index in [9.17, 15) is 9.59 Å². The zero-order valence-electron chi connectivity index (χ0n) is 22.2. The van der Waals surface area contributed by atoms with Gasteiger partial charge in [0.05, 0.1) is 19.8 Å². The first-order chi connectivity index (χ1) is 18.0. The molecule has 9 nitrogen and oxygen atoms in total. The summed E-state index contributed by atoms with van der Waals surface area (Å²) in [4.78, 5) is 26.7. The Labute approximate surface area is 225 Å². The van der Waals surface area contributed by atoms with Gasteiger partial charge in [0.2, 0.25) is 0 Å². The second kappa shape index (κ2) is 16.0. The molecule has 2 saturated heterocycles. The monoisotopic (exact) mass is 538 g/mol. The van der Waals surface area contributed by atoms with Crippen molar-refractivity contribution in [1.82, 2.24) is 20.9 Å². The molecule has 3 rings (SSSR count). The number of rotatable bonds is 11. The SMILES string of the molecule is CNC[C@H](C[C@H]1CCCOCC1)NC(=O)N1CCC[C@@H]([C@@H](OCCNC(=O)OC)c2cccc(Cl)c2)C1. The number of urea groups is 1. The number of hydrogen-bond donors (Lipinski definition) is 3. The lowest BCUT2D eigenvalue weighted by Gasteiger charge is -2.38. The molecule has 4 atom stereocenters. The van der Waals surface area contributed by atoms with Crippen molar-refractivity contribution in [2.75, 3.05) is 60.2 Å². The fourth-order valence-corrected chi connectivity index (χ4v) is 5.55. The Morgan fingerprint density at radius 3 is 2.86 bits per heavy atom. The number of likely N-dealkylation sites (N-methyl/N-ethyl adjacent to an activating group) is 1. The van der Waals surface area contributed by atoms with Crippen molar-refractivity contribution in [3.63, 3.8) is 0 Å². The van der Waals surface area contributed by atoms with E-state index in [1.807, 2.05) is 36.2 Å². The van der Waals surface area contributed by atoms with Gasteiger partial charge in [0.25, 0.3) is 0 Å². The van der Waals surface area contributed by atoms with Crippen LogP contribution in [-0.4, -0.2) is 83.2 Å². The van der Waals surface area contributed by atoms with E-state index in [1.54, 1.807) is 0 Å². The first-order valence-electron chi connectivity index (χ1n) is 13.5. The van der Waals surface area contributed by atoms with Gasteiger partial charge in [0.1, 0.15) is 0 Å². The Morgan fingerprint density at radius 1 is 1.22 bits per heavy atom. The lowest BCUT2D eigenvalue weighted by Crippen LogP contribution is -2.52. The van der Waals surface area contributed by atoms with E-state index in [1.165, 1.54) is 7.11 Å². The number of piperidine rings is 1. The van der Waals surface area contributed by atoms with Gasteiger partial charge in [-0.15, -0.1) is 0 Å². The Morgan fingerprint density at radius 2 is 2.08 bits per heavy atom. The number of likely N-dealkylation sites (tertiary alicyclic amines) is 1. The van der Waals surface area contributed by atoms with Gasteiger partial charge in [0.15, 0.2) is 0 Å². The summed E-state index contributed by atoms with van der Waals surface area (Å²) in [6.45, 7) is 4.35. The Kier molecular flexibility index (Phi) is 12.8. The summed E-state index contributed by atoms with van der Waals surface area (Å²) in [6.07, 6.45) is 5.33. The molecule has 3 N–H and O–H groups in total. The molecule has 1 aromatic rings. The van der Waals surface area contributed by atoms with Crippen LogP contribution in [0.5, 0.6) is 0 Å². The maximum atomic E-state index is 13.4. The highest BCUT2D eigenvalue weighted by molar-refractivity contribution is 6.30. The van der Waals surface area contributed by atoms with Gasteiger partial charge in [-0.3, -0.25) is 0 Å². The van der Waals surface area contributed by atoms with Crippen LogP contribution < -0.4 is 16.0 Å². The number of ether oxygens (including phenoxy) is 3. The quantitative estimate of drug-likeness (QED) is 0.369. The first kappa shape index (κ1) is 29.5. The summed E-state index contributed by atoms with van der Waals surface area (Å²) in [6, 6.07) is 7.72. The topological polar surface area (TPSA) is 101 Å². The van der Waals surface area contributed by atoms with Crippen molar-refractivity contribution in [3.8, 4) is 0 Å². The molecule has 1 aromatic carbocycles. The smallest absolute Gasteiger partial charge is 0.406 e. The van der Waals surface area contributed by atoms with Crippen molar-refractivity contribution in [1.29, 1.82) is 0 Å². The molecule has 0 saturated carbocycles. The molecule has 2 aliphatic heterocycles. The summed E-state index contributed by atoms with van der Waals surface area (Å²) >= 11 is 6.29. The number of nitrogens with zero attached hydrogens (tertiary/aromatic N) is 1. The van der Waals surface area contributed by atoms with E-state index < -0.39 is 6.09 Å². The molecule has 0 spiro atoms. The molecule has 37 heavy (non-hydrogen) atoms. The molecule has 2 heterocycles. The van der Waals surface area contributed by atoms with E-state index in [-0.39, 0.29) is 24.1 Å². The largest absolute Gasteiger partial charge is 0.453 e. The fourth-order valence-electron chi connectivity index (χ4n) is 5.35. The van der Waals surface area contributed by atoms with Crippen molar-refractivity contribution in [2.45, 2.75) is 50.7 Å². The van der Waals surface area contributed by atoms with E-state index in [0.29, 0.717) is 30.6 Å². The van der Waals surface area contributed by atoms with Crippen molar-refractivity contribution >= 4 is 23.7 Å². The number of carbonyl (C=O) groups is 2. The standard InChI is InChI=1S/C27H43ClN4O5/c1-29-18-24(16-20-6-5-13-36-14-10-20)31-26(33)32-12-4-8-22(19-32)25(21-7-3-9-23(28)17-21)37-15-11-30-27(34)35-2/h3,7,9,17,20,22,24-25,29H,4-6,8,10-16,18-19H2,1-2H3,(H,30,34)(H,31,33)/t20-,22+,24-,25-/m0/s1. The van der Waals surface area contributed by atoms with Crippen molar-refractivity contribution in [3.05, 3.63) is 34.9 Å². The average Bonchev–Trinajstić information content (AvgIpc) is 3.17. The lowest BCUT2D eigenvalue weighted by atomic mass is 9.88. The Balaban J connectivity index is 1.62. The van der Waals surface area contributed by atoms with Gasteiger partial charge in [-0.1, -0.05) is 23.7 Å². The minimum Gasteiger partial charge on any atom is -0.453 e. The predicted octanol–water partition coefficient (Wildman–Crippen LogP) is 3.97. The van der Waals surface area contributed by atoms with Gasteiger partial charge in [-0.05, 0) is 69.2 Å². The highest BCUT2D eigenvalue weighted by Gasteiger charge is 2.32. The van der Waals surface area contributed by atoms with Crippen LogP contribution in [0.3, 0.4) is 0 Å². The zero-order valence-corrected chi connectivity index (χ0v) is 22.9. The number of benzene rings is 1. The van der Waals surface area contributed by atoms with Crippen LogP contribution in [0.15, 0.2) is 24.3 Å². The summed E-state index contributed by atoms with van der Waals surface area (Å²) < 4.78 is 16.5. The molecule has 0 bridgehead atoms. The van der Waals surface area contributed by atoms with Gasteiger partial charge in [-0.2, -0.15) is 0 Å². The maximum Gasteiger partial charge on any atom is 0.406 e. The average molecular weight is 539 g/mol. The zero-order chi connectivity index (χ0) is 26.5. The third-order valence-electron chi connectivity index (χ3n) is 7.17. The summed E-state index contributed by atoms with van der Waals surface area (Å²) in [5, 5.41) is 9.83. The Hall–Kier alpha value is -2.07. The second-order valence-corrected chi connectivity index (χ2v) is 10.4. The Bertz CT molecular complexity index is 837. The molecule has 208 valence electrons. The molecular formula is C27H43ClN4O5. The van der Waals surface area contributed by atoms with Crippen LogP contribution in [0.4, 0.5) is 9.59 Å². The number of nitrogens with one attached hydrogen (secondary N) is 3. The normalized spacial score (nSPS) is 22.0. The summed E-state index contributed by atoms with van der Waals surface area (Å²) in [5.41, 5.74) is 0.974. The highest BCUT2D eigenvalue weighted by Crippen LogP contribution is 2.34. The predicted molar refractivity (Wildman–Crippen MR) is 144 cm³/mol. The second-order valence-electron chi connectivity index (χ2n) is 9.96. The van der Waals surface area contributed by atoms with Gasteiger partial charge < -0.3 is 35.1 Å². The molecule has 2 aliphatic rings. The number of methoxy groups -OCH3 is 1. The van der Waals surface area contributed by atoms with Crippen molar-refractivity contribution in [2.24, 2.45) is 11.8 Å². The van der Waals surface area contributed by atoms with E-state index >= 15 is 0 Å². The fraction of sp³-hybridized carbons (Fsp3) is 0.704. The number of amides is 3. The molecule has 10 heteroatoms. The molecule has 0 radical (unpaired) electrons. The molecule has 2 fully saturated rings. The van der Waals surface area contributed by atoms with Crippen LogP contribution in [0.25, 0.3) is 0 Å². The van der Waals surface area contributed by atoms with Crippen LogP contribution in [0, 0.1) is 11.8 Å². The lowest BCUT2D eigenvalue weighted by molar-refractivity contribution is -0.00864. The number of halogens is 1. The number of hydrogen-bond acceptors (Lipinski definition) is 6. The van der Waals surface area contributed by atoms with Crippen molar-refractivity contribution < 1.29 is 23.8 Å². The number of carbonyl (C=O) groups excluding carboxylic acids is 2. The highest BCUT2D eigenvalue weighted by atomic mass is 35.5. The molecule has 0 unspecified atom stereocenters. The van der Waals surface area contributed by atoms with E-state index in [0.717, 1.165) is 70.4 Å². The minimum absolute atomic E-state index is 0.0213. The maximum absolute atomic E-state index is 13.4. The van der Waals surface area contributed by atoms with Gasteiger partial charge in [0, 0.05) is 56.4 Å².